The highest BCUT2D eigenvalue weighted by molar-refractivity contribution is 6.32. The van der Waals surface area contributed by atoms with Crippen LogP contribution in [0.25, 0.3) is 11.1 Å². The van der Waals surface area contributed by atoms with Gasteiger partial charge in [0.05, 0.1) is 36.5 Å². The van der Waals surface area contributed by atoms with E-state index < -0.39 is 0 Å². The first-order valence-electron chi connectivity index (χ1n) is 16.2. The summed E-state index contributed by atoms with van der Waals surface area (Å²) in [6, 6.07) is 7.02. The van der Waals surface area contributed by atoms with Crippen LogP contribution in [0.3, 0.4) is 0 Å². The van der Waals surface area contributed by atoms with E-state index in [2.05, 4.69) is 41.1 Å². The smallest absolute Gasteiger partial charge is 0.256 e. The highest BCUT2D eigenvalue weighted by atomic mass is 35.5. The number of methoxy groups -OCH3 is 1. The van der Waals surface area contributed by atoms with E-state index in [1.54, 1.807) is 30.5 Å². The van der Waals surface area contributed by atoms with E-state index in [1.165, 1.54) is 6.33 Å². The quantitative estimate of drug-likeness (QED) is 0.169. The Kier molecular flexibility index (Phi) is 9.43. The molecule has 248 valence electrons. The average Bonchev–Trinajstić information content (AvgIpc) is 3.92. The van der Waals surface area contributed by atoms with Crippen LogP contribution in [0.4, 0.5) is 11.6 Å². The van der Waals surface area contributed by atoms with Crippen molar-refractivity contribution in [2.24, 2.45) is 0 Å². The molecule has 1 aromatic carbocycles. The van der Waals surface area contributed by atoms with E-state index in [9.17, 15) is 0 Å². The summed E-state index contributed by atoms with van der Waals surface area (Å²) in [5.74, 6) is 2.70. The minimum Gasteiger partial charge on any atom is -0.494 e. The average molecular weight is 662 g/mol. The third-order valence-corrected chi connectivity index (χ3v) is 9.22. The van der Waals surface area contributed by atoms with E-state index >= 15 is 0 Å². The standard InChI is InChI=1S/C33H40ClN9O4/c1-22(16-41-21-35-20-38-41)47-31-12-23(4-9-29(31)34)24-14-36-33(37-15-24)39-30-18-43(40-32(30)45-11-3-10-44-2)26-7-5-25(6-8-26)42-17-28-13-27(42)19-46-28/h4,9,12,14-15,17-18,20-22,25-27H,3,5-8,10-11,13,16,19H2,1-2H3,(H,36,37,39)/t22-,25?,26?,27+/m0/s1. The molecule has 0 amide bonds. The summed E-state index contributed by atoms with van der Waals surface area (Å²) in [6.45, 7) is 4.45. The zero-order valence-corrected chi connectivity index (χ0v) is 27.4. The molecule has 1 aliphatic carbocycles. The molecular formula is C33H40ClN9O4. The topological polar surface area (TPSA) is 127 Å². The molecule has 47 heavy (non-hydrogen) atoms. The lowest BCUT2D eigenvalue weighted by atomic mass is 9.90. The van der Waals surface area contributed by atoms with Gasteiger partial charge >= 0.3 is 0 Å². The zero-order chi connectivity index (χ0) is 32.2. The molecule has 2 atom stereocenters. The van der Waals surface area contributed by atoms with E-state index in [0.29, 0.717) is 60.5 Å². The van der Waals surface area contributed by atoms with E-state index in [1.807, 2.05) is 31.3 Å². The summed E-state index contributed by atoms with van der Waals surface area (Å²) < 4.78 is 26.9. The van der Waals surface area contributed by atoms with Crippen molar-refractivity contribution in [3.8, 4) is 22.8 Å². The number of hydrogen-bond donors (Lipinski definition) is 1. The first kappa shape index (κ1) is 31.3. The molecule has 4 aromatic rings. The van der Waals surface area contributed by atoms with Crippen LogP contribution in [-0.2, 0) is 16.0 Å². The monoisotopic (exact) mass is 661 g/mol. The number of fused-ring (bicyclic) bond motifs is 2. The lowest BCUT2D eigenvalue weighted by Crippen LogP contribution is -2.41. The maximum absolute atomic E-state index is 6.47. The van der Waals surface area contributed by atoms with Gasteiger partial charge in [0.15, 0.2) is 0 Å². The first-order chi connectivity index (χ1) is 23.0. The van der Waals surface area contributed by atoms with Gasteiger partial charge in [-0.15, -0.1) is 5.10 Å². The van der Waals surface area contributed by atoms with Crippen LogP contribution in [0.15, 0.2) is 61.4 Å². The van der Waals surface area contributed by atoms with Gasteiger partial charge in [0.1, 0.15) is 42.6 Å². The molecular weight excluding hydrogens is 622 g/mol. The molecule has 3 aromatic heterocycles. The van der Waals surface area contributed by atoms with Gasteiger partial charge in [-0.2, -0.15) is 5.10 Å². The van der Waals surface area contributed by atoms with Crippen LogP contribution < -0.4 is 14.8 Å². The number of ether oxygens (including phenoxy) is 4. The predicted molar refractivity (Wildman–Crippen MR) is 176 cm³/mol. The van der Waals surface area contributed by atoms with Crippen molar-refractivity contribution >= 4 is 23.2 Å². The summed E-state index contributed by atoms with van der Waals surface area (Å²) >= 11 is 6.47. The Hall–Kier alpha value is -4.36. The highest BCUT2D eigenvalue weighted by Gasteiger charge is 2.38. The molecule has 0 spiro atoms. The van der Waals surface area contributed by atoms with Crippen molar-refractivity contribution in [3.63, 3.8) is 0 Å². The summed E-state index contributed by atoms with van der Waals surface area (Å²) in [5.41, 5.74) is 2.46. The fraction of sp³-hybridized carbons (Fsp3) is 0.485. The zero-order valence-electron chi connectivity index (χ0n) is 26.7. The maximum Gasteiger partial charge on any atom is 0.256 e. The van der Waals surface area contributed by atoms with Crippen LogP contribution >= 0.6 is 11.6 Å². The number of rotatable bonds is 14. The van der Waals surface area contributed by atoms with Gasteiger partial charge in [-0.25, -0.2) is 19.6 Å². The second-order valence-corrected chi connectivity index (χ2v) is 12.7. The molecule has 7 rings (SSSR count). The Labute approximate surface area is 278 Å². The molecule has 13 nitrogen and oxygen atoms in total. The molecule has 2 fully saturated rings. The van der Waals surface area contributed by atoms with Gasteiger partial charge in [-0.05, 0) is 50.3 Å². The Morgan fingerprint density at radius 3 is 2.62 bits per heavy atom. The van der Waals surface area contributed by atoms with Gasteiger partial charge < -0.3 is 29.2 Å². The Balaban J connectivity index is 1.01. The van der Waals surface area contributed by atoms with Crippen LogP contribution in [-0.4, -0.2) is 84.5 Å². The minimum absolute atomic E-state index is 0.165. The number of hydrogen-bond acceptors (Lipinski definition) is 11. The van der Waals surface area contributed by atoms with Gasteiger partial charge in [-0.1, -0.05) is 17.7 Å². The first-order valence-corrected chi connectivity index (χ1v) is 16.6. The van der Waals surface area contributed by atoms with E-state index in [0.717, 1.165) is 67.7 Å². The van der Waals surface area contributed by atoms with Crippen LogP contribution in [0.2, 0.25) is 5.02 Å². The minimum atomic E-state index is -0.165. The number of nitrogens with zero attached hydrogens (tertiary/aromatic N) is 8. The van der Waals surface area contributed by atoms with Gasteiger partial charge in [0.25, 0.3) is 5.88 Å². The number of benzene rings is 1. The number of halogens is 1. The molecule has 3 aliphatic rings. The second-order valence-electron chi connectivity index (χ2n) is 12.3. The molecule has 2 aliphatic heterocycles. The third kappa shape index (κ3) is 7.31. The Morgan fingerprint density at radius 2 is 1.89 bits per heavy atom. The van der Waals surface area contributed by atoms with Crippen molar-refractivity contribution in [2.45, 2.75) is 76.2 Å². The third-order valence-electron chi connectivity index (χ3n) is 8.91. The molecule has 0 radical (unpaired) electrons. The lowest BCUT2D eigenvalue weighted by molar-refractivity contribution is 0.106. The van der Waals surface area contributed by atoms with Gasteiger partial charge in [0.2, 0.25) is 5.95 Å². The van der Waals surface area contributed by atoms with Crippen LogP contribution in [0, 0.1) is 0 Å². The molecule has 1 N–H and O–H groups in total. The fourth-order valence-corrected chi connectivity index (χ4v) is 6.70. The van der Waals surface area contributed by atoms with Crippen molar-refractivity contribution in [2.75, 3.05) is 32.2 Å². The summed E-state index contributed by atoms with van der Waals surface area (Å²) in [5, 5.41) is 12.9. The largest absolute Gasteiger partial charge is 0.494 e. The van der Waals surface area contributed by atoms with Crippen molar-refractivity contribution in [1.29, 1.82) is 0 Å². The van der Waals surface area contributed by atoms with Crippen molar-refractivity contribution in [3.05, 3.63) is 66.4 Å². The SMILES string of the molecule is COCCCOc1nn(C2CCC(N3C=C4C[C@@H]3CO4)CC2)cc1Nc1ncc(-c2ccc(Cl)c(O[C@@H](C)Cn3cncn3)c2)cn1. The predicted octanol–water partition coefficient (Wildman–Crippen LogP) is 5.64. The van der Waals surface area contributed by atoms with Crippen molar-refractivity contribution < 1.29 is 18.9 Å². The molecule has 1 saturated carbocycles. The molecule has 1 saturated heterocycles. The summed E-state index contributed by atoms with van der Waals surface area (Å²) in [4.78, 5) is 15.7. The van der Waals surface area contributed by atoms with Crippen LogP contribution in [0.5, 0.6) is 11.6 Å². The molecule has 14 heteroatoms. The highest BCUT2D eigenvalue weighted by Crippen LogP contribution is 2.39. The molecule has 5 heterocycles. The maximum atomic E-state index is 6.47. The number of aromatic nitrogens is 7. The number of anilines is 2. The van der Waals surface area contributed by atoms with E-state index in [4.69, 9.17) is 35.6 Å². The lowest BCUT2D eigenvalue weighted by Gasteiger charge is -2.38. The van der Waals surface area contributed by atoms with Crippen LogP contribution in [0.1, 0.15) is 51.5 Å². The second kappa shape index (κ2) is 14.2. The molecule has 2 bridgehead atoms. The fourth-order valence-electron chi connectivity index (χ4n) is 6.54. The van der Waals surface area contributed by atoms with Crippen molar-refractivity contribution in [1.82, 2.24) is 39.4 Å². The normalized spacial score (nSPS) is 21.0. The van der Waals surface area contributed by atoms with E-state index in [-0.39, 0.29) is 6.10 Å². The Bertz CT molecular complexity index is 1650. The summed E-state index contributed by atoms with van der Waals surface area (Å²) in [6.07, 6.45) is 17.0. The van der Waals surface area contributed by atoms with Gasteiger partial charge in [-0.3, -0.25) is 4.68 Å². The number of nitrogens with one attached hydrogen (secondary N) is 1. The molecule has 0 unspecified atom stereocenters. The summed E-state index contributed by atoms with van der Waals surface area (Å²) in [7, 11) is 1.69. The Morgan fingerprint density at radius 1 is 1.06 bits per heavy atom. The van der Waals surface area contributed by atoms with Gasteiger partial charge in [0, 0.05) is 56.8 Å².